The van der Waals surface area contributed by atoms with Gasteiger partial charge in [-0.25, -0.2) is 5.84 Å². The summed E-state index contributed by atoms with van der Waals surface area (Å²) in [6.07, 6.45) is 0.0773. The lowest BCUT2D eigenvalue weighted by Gasteiger charge is -2.27. The molecule has 7 nitrogen and oxygen atoms in total. The molecule has 0 saturated carbocycles. The number of hydrogen-bond acceptors (Lipinski definition) is 6. The molecule has 1 saturated heterocycles. The van der Waals surface area contributed by atoms with Crippen LogP contribution in [0, 0.1) is 0 Å². The van der Waals surface area contributed by atoms with Gasteiger partial charge < -0.3 is 21.1 Å². The average Bonchev–Trinajstić information content (AvgIpc) is 2.36. The van der Waals surface area contributed by atoms with Gasteiger partial charge in [-0.05, 0) is 12.1 Å². The molecule has 2 rings (SSSR count). The van der Waals surface area contributed by atoms with E-state index < -0.39 is 0 Å². The highest BCUT2D eigenvalue weighted by molar-refractivity contribution is 5.99. The van der Waals surface area contributed by atoms with E-state index in [0.717, 1.165) is 0 Å². The molecular formula is C13H23N5O2. The molecule has 0 amide bonds. The van der Waals surface area contributed by atoms with Gasteiger partial charge >= 0.3 is 0 Å². The van der Waals surface area contributed by atoms with Crippen molar-refractivity contribution in [3.05, 3.63) is 23.8 Å². The maximum Gasteiger partial charge on any atom is 0.169 e. The standard InChI is InChI=1S/C11H17N5O2.C2H6/c1-16(14)11(15-13)7-2-8(12)4-9(3-7)18-10-5-17-6-10;1-2/h2-4,10H,5-6,12-14H2,1H3;1-2H3/b15-11-;. The molecule has 1 aliphatic rings. The number of nitrogens with zero attached hydrogens (tertiary/aromatic N) is 2. The minimum atomic E-state index is 0.0773. The number of nitrogens with two attached hydrogens (primary N) is 3. The zero-order valence-electron chi connectivity index (χ0n) is 12.2. The third-order valence-electron chi connectivity index (χ3n) is 2.55. The molecule has 0 spiro atoms. The quantitative estimate of drug-likeness (QED) is 0.244. The van der Waals surface area contributed by atoms with E-state index in [1.807, 2.05) is 13.8 Å². The second-order valence-electron chi connectivity index (χ2n) is 4.13. The first-order valence-electron chi connectivity index (χ1n) is 6.52. The van der Waals surface area contributed by atoms with E-state index >= 15 is 0 Å². The van der Waals surface area contributed by atoms with Gasteiger partial charge in [-0.2, -0.15) is 5.10 Å². The molecule has 1 heterocycles. The second kappa shape index (κ2) is 7.56. The summed E-state index contributed by atoms with van der Waals surface area (Å²) in [6, 6.07) is 5.27. The Bertz CT molecular complexity index is 458. The summed E-state index contributed by atoms with van der Waals surface area (Å²) in [7, 11) is 1.65. The lowest BCUT2D eigenvalue weighted by atomic mass is 10.1. The molecule has 0 atom stereocenters. The first-order chi connectivity index (χ1) is 9.60. The van der Waals surface area contributed by atoms with Crippen LogP contribution in [-0.4, -0.2) is 37.2 Å². The number of ether oxygens (including phenoxy) is 2. The topological polar surface area (TPSA) is 112 Å². The molecule has 1 aromatic carbocycles. The van der Waals surface area contributed by atoms with Crippen molar-refractivity contribution >= 4 is 11.5 Å². The fourth-order valence-electron chi connectivity index (χ4n) is 1.66. The maximum atomic E-state index is 5.82. The van der Waals surface area contributed by atoms with Crippen molar-refractivity contribution in [1.82, 2.24) is 5.01 Å². The van der Waals surface area contributed by atoms with Gasteiger partial charge in [0.1, 0.15) is 11.9 Å². The minimum Gasteiger partial charge on any atom is -0.485 e. The van der Waals surface area contributed by atoms with Crippen LogP contribution in [0.15, 0.2) is 23.3 Å². The van der Waals surface area contributed by atoms with Crippen molar-refractivity contribution in [3.63, 3.8) is 0 Å². The SMILES string of the molecule is CC.CN(N)/C(=N\N)c1cc(N)cc(OC2COC2)c1. The number of hydrazine groups is 1. The van der Waals surface area contributed by atoms with E-state index in [4.69, 9.17) is 26.9 Å². The zero-order chi connectivity index (χ0) is 15.1. The van der Waals surface area contributed by atoms with Gasteiger partial charge in [-0.15, -0.1) is 0 Å². The third kappa shape index (κ3) is 4.01. The van der Waals surface area contributed by atoms with Gasteiger partial charge in [0.05, 0.1) is 13.2 Å². The van der Waals surface area contributed by atoms with Gasteiger partial charge in [0.15, 0.2) is 5.84 Å². The van der Waals surface area contributed by atoms with E-state index in [-0.39, 0.29) is 6.10 Å². The van der Waals surface area contributed by atoms with Crippen molar-refractivity contribution < 1.29 is 9.47 Å². The van der Waals surface area contributed by atoms with Crippen molar-refractivity contribution in [2.45, 2.75) is 20.0 Å². The number of hydrogen-bond donors (Lipinski definition) is 3. The van der Waals surface area contributed by atoms with E-state index in [1.54, 1.807) is 25.2 Å². The Balaban J connectivity index is 0.000000956. The highest BCUT2D eigenvalue weighted by Gasteiger charge is 2.20. The highest BCUT2D eigenvalue weighted by atomic mass is 16.6. The van der Waals surface area contributed by atoms with Gasteiger partial charge in [0.2, 0.25) is 0 Å². The molecule has 0 bridgehead atoms. The Morgan fingerprint density at radius 2 is 2.00 bits per heavy atom. The lowest BCUT2D eigenvalue weighted by Crippen LogP contribution is -2.38. The highest BCUT2D eigenvalue weighted by Crippen LogP contribution is 2.22. The summed E-state index contributed by atoms with van der Waals surface area (Å²) < 4.78 is 10.7. The van der Waals surface area contributed by atoms with Crippen molar-refractivity contribution in [1.29, 1.82) is 0 Å². The molecule has 6 N–H and O–H groups in total. The predicted octanol–water partition coefficient (Wildman–Crippen LogP) is 0.498. The fraction of sp³-hybridized carbons (Fsp3) is 0.462. The molecule has 0 aliphatic carbocycles. The first-order valence-corrected chi connectivity index (χ1v) is 6.52. The lowest BCUT2D eigenvalue weighted by molar-refractivity contribution is -0.0796. The summed E-state index contributed by atoms with van der Waals surface area (Å²) in [6.45, 7) is 5.19. The number of anilines is 1. The number of rotatable bonds is 3. The smallest absolute Gasteiger partial charge is 0.169 e. The molecule has 0 unspecified atom stereocenters. The summed E-state index contributed by atoms with van der Waals surface area (Å²) in [5.74, 6) is 12.0. The van der Waals surface area contributed by atoms with Crippen LogP contribution < -0.4 is 22.2 Å². The number of hydrazone groups is 1. The van der Waals surface area contributed by atoms with Crippen LogP contribution in [-0.2, 0) is 4.74 Å². The van der Waals surface area contributed by atoms with E-state index in [0.29, 0.717) is 36.0 Å². The Labute approximate surface area is 119 Å². The maximum absolute atomic E-state index is 5.82. The summed E-state index contributed by atoms with van der Waals surface area (Å²) in [5.41, 5.74) is 7.09. The van der Waals surface area contributed by atoms with Crippen LogP contribution >= 0.6 is 0 Å². The van der Waals surface area contributed by atoms with Crippen molar-refractivity contribution in [2.75, 3.05) is 26.0 Å². The van der Waals surface area contributed by atoms with E-state index in [9.17, 15) is 0 Å². The normalized spacial score (nSPS) is 14.9. The van der Waals surface area contributed by atoms with Crippen LogP contribution in [0.5, 0.6) is 5.75 Å². The Kier molecular flexibility index (Phi) is 6.08. The summed E-state index contributed by atoms with van der Waals surface area (Å²) in [5, 5.41) is 4.96. The van der Waals surface area contributed by atoms with Crippen molar-refractivity contribution in [2.24, 2.45) is 16.8 Å². The first kappa shape index (κ1) is 16.1. The Morgan fingerprint density at radius 3 is 2.45 bits per heavy atom. The number of amidine groups is 1. The third-order valence-corrected chi connectivity index (χ3v) is 2.55. The fourth-order valence-corrected chi connectivity index (χ4v) is 1.66. The van der Waals surface area contributed by atoms with E-state index in [2.05, 4.69) is 5.10 Å². The molecule has 20 heavy (non-hydrogen) atoms. The molecule has 1 fully saturated rings. The van der Waals surface area contributed by atoms with Crippen molar-refractivity contribution in [3.8, 4) is 5.75 Å². The van der Waals surface area contributed by atoms with Crippen LogP contribution in [0.25, 0.3) is 0 Å². The van der Waals surface area contributed by atoms with Crippen LogP contribution in [0.3, 0.4) is 0 Å². The van der Waals surface area contributed by atoms with Crippen LogP contribution in [0.2, 0.25) is 0 Å². The number of benzene rings is 1. The molecule has 1 aromatic rings. The van der Waals surface area contributed by atoms with Crippen LogP contribution in [0.1, 0.15) is 19.4 Å². The number of nitrogen functional groups attached to an aromatic ring is 1. The van der Waals surface area contributed by atoms with Crippen LogP contribution in [0.4, 0.5) is 5.69 Å². The summed E-state index contributed by atoms with van der Waals surface area (Å²) in [4.78, 5) is 0. The Hall–Kier alpha value is -1.99. The summed E-state index contributed by atoms with van der Waals surface area (Å²) >= 11 is 0. The molecule has 1 aliphatic heterocycles. The largest absolute Gasteiger partial charge is 0.485 e. The minimum absolute atomic E-state index is 0.0773. The molecule has 7 heteroatoms. The molecule has 112 valence electrons. The monoisotopic (exact) mass is 281 g/mol. The van der Waals surface area contributed by atoms with Gasteiger partial charge in [0, 0.05) is 24.4 Å². The molecule has 0 aromatic heterocycles. The van der Waals surface area contributed by atoms with Gasteiger partial charge in [0.25, 0.3) is 0 Å². The zero-order valence-corrected chi connectivity index (χ0v) is 12.2. The molecule has 0 radical (unpaired) electrons. The second-order valence-corrected chi connectivity index (χ2v) is 4.13. The average molecular weight is 281 g/mol. The predicted molar refractivity (Wildman–Crippen MR) is 80.1 cm³/mol. The Morgan fingerprint density at radius 1 is 1.35 bits per heavy atom. The molecular weight excluding hydrogens is 258 g/mol. The van der Waals surface area contributed by atoms with E-state index in [1.165, 1.54) is 5.01 Å². The van der Waals surface area contributed by atoms with Gasteiger partial charge in [-0.3, -0.25) is 5.01 Å². The van der Waals surface area contributed by atoms with Gasteiger partial charge in [-0.1, -0.05) is 13.8 Å².